The molecule has 3 rings (SSSR count). The lowest BCUT2D eigenvalue weighted by molar-refractivity contribution is 0.0915. The summed E-state index contributed by atoms with van der Waals surface area (Å²) in [7, 11) is 1.59. The first kappa shape index (κ1) is 21.3. The smallest absolute Gasteiger partial charge is 0.287 e. The highest BCUT2D eigenvalue weighted by molar-refractivity contribution is 5.91. The molecule has 0 fully saturated rings. The average Bonchev–Trinajstić information content (AvgIpc) is 3.24. The van der Waals surface area contributed by atoms with Crippen molar-refractivity contribution in [2.75, 3.05) is 20.3 Å². The van der Waals surface area contributed by atoms with Crippen LogP contribution in [0.2, 0.25) is 0 Å². The van der Waals surface area contributed by atoms with Crippen molar-refractivity contribution >= 4 is 5.91 Å². The summed E-state index contributed by atoms with van der Waals surface area (Å²) in [6.45, 7) is 5.19. The van der Waals surface area contributed by atoms with Crippen molar-refractivity contribution in [2.45, 2.75) is 26.4 Å². The third kappa shape index (κ3) is 5.56. The van der Waals surface area contributed by atoms with Gasteiger partial charge in [-0.3, -0.25) is 4.79 Å². The molecule has 158 valence electrons. The summed E-state index contributed by atoms with van der Waals surface area (Å²) in [5.41, 5.74) is 1.15. The van der Waals surface area contributed by atoms with Crippen LogP contribution in [-0.2, 0) is 6.61 Å². The van der Waals surface area contributed by atoms with E-state index in [1.165, 1.54) is 0 Å². The van der Waals surface area contributed by atoms with Crippen LogP contribution in [0.3, 0.4) is 0 Å². The Morgan fingerprint density at radius 2 is 1.63 bits per heavy atom. The summed E-state index contributed by atoms with van der Waals surface area (Å²) < 4.78 is 22.4. The fourth-order valence-corrected chi connectivity index (χ4v) is 2.97. The molecular formula is C24H27NO5. The summed E-state index contributed by atoms with van der Waals surface area (Å²) in [5.74, 6) is 2.96. The average molecular weight is 409 g/mol. The molecule has 1 N–H and O–H groups in total. The molecular weight excluding hydrogens is 382 g/mol. The Morgan fingerprint density at radius 1 is 0.933 bits per heavy atom. The van der Waals surface area contributed by atoms with Crippen LogP contribution in [0.5, 0.6) is 17.2 Å². The van der Waals surface area contributed by atoms with E-state index in [9.17, 15) is 4.79 Å². The fourth-order valence-electron chi connectivity index (χ4n) is 2.97. The van der Waals surface area contributed by atoms with Crippen LogP contribution in [0, 0.1) is 0 Å². The van der Waals surface area contributed by atoms with Gasteiger partial charge in [0.1, 0.15) is 24.7 Å². The van der Waals surface area contributed by atoms with E-state index in [1.54, 1.807) is 19.2 Å². The van der Waals surface area contributed by atoms with Crippen LogP contribution in [0.15, 0.2) is 65.1 Å². The molecule has 0 bridgehead atoms. The van der Waals surface area contributed by atoms with Gasteiger partial charge in [0.15, 0.2) is 17.3 Å². The minimum absolute atomic E-state index is 0.197. The predicted molar refractivity (Wildman–Crippen MR) is 114 cm³/mol. The number of hydrogen-bond acceptors (Lipinski definition) is 5. The molecule has 0 unspecified atom stereocenters. The summed E-state index contributed by atoms with van der Waals surface area (Å²) in [5, 5.41) is 2.80. The number of ether oxygens (including phenoxy) is 3. The van der Waals surface area contributed by atoms with E-state index in [-0.39, 0.29) is 18.3 Å². The van der Waals surface area contributed by atoms with Gasteiger partial charge in [0.2, 0.25) is 0 Å². The second-order valence-electron chi connectivity index (χ2n) is 7.00. The molecule has 1 amide bonds. The number of carbonyl (C=O) groups is 1. The SMILES string of the molecule is COc1ccccc1OCc1ccc(C(=O)NCCOc2ccccc2C(C)C)o1. The number of hydrogen-bond donors (Lipinski definition) is 1. The number of amides is 1. The van der Waals surface area contributed by atoms with Gasteiger partial charge < -0.3 is 23.9 Å². The minimum Gasteiger partial charge on any atom is -0.493 e. The van der Waals surface area contributed by atoms with E-state index in [1.807, 2.05) is 42.5 Å². The molecule has 0 saturated heterocycles. The molecule has 0 radical (unpaired) electrons. The number of benzene rings is 2. The molecule has 6 nitrogen and oxygen atoms in total. The molecule has 0 atom stereocenters. The Morgan fingerprint density at radius 3 is 2.37 bits per heavy atom. The van der Waals surface area contributed by atoms with Crippen molar-refractivity contribution in [1.29, 1.82) is 0 Å². The first-order chi connectivity index (χ1) is 14.6. The lowest BCUT2D eigenvalue weighted by Gasteiger charge is -2.13. The van der Waals surface area contributed by atoms with Gasteiger partial charge in [0.05, 0.1) is 13.7 Å². The highest BCUT2D eigenvalue weighted by atomic mass is 16.5. The zero-order chi connectivity index (χ0) is 21.3. The standard InChI is InChI=1S/C24H27NO5/c1-17(2)19-8-4-5-9-20(19)28-15-14-25-24(26)23-13-12-18(30-23)16-29-22-11-7-6-10-21(22)27-3/h4-13,17H,14-16H2,1-3H3,(H,25,26). The van der Waals surface area contributed by atoms with Crippen molar-refractivity contribution in [3.8, 4) is 17.2 Å². The molecule has 3 aromatic rings. The number of rotatable bonds is 10. The van der Waals surface area contributed by atoms with Gasteiger partial charge in [0, 0.05) is 0 Å². The highest BCUT2D eigenvalue weighted by Gasteiger charge is 2.12. The largest absolute Gasteiger partial charge is 0.493 e. The van der Waals surface area contributed by atoms with Gasteiger partial charge in [0.25, 0.3) is 5.91 Å². The van der Waals surface area contributed by atoms with Gasteiger partial charge in [-0.2, -0.15) is 0 Å². The summed E-state index contributed by atoms with van der Waals surface area (Å²) in [6, 6.07) is 18.6. The van der Waals surface area contributed by atoms with Crippen LogP contribution >= 0.6 is 0 Å². The van der Waals surface area contributed by atoms with Crippen molar-refractivity contribution in [1.82, 2.24) is 5.32 Å². The second-order valence-corrected chi connectivity index (χ2v) is 7.00. The second kappa shape index (κ2) is 10.4. The third-order valence-corrected chi connectivity index (χ3v) is 4.51. The van der Waals surface area contributed by atoms with Gasteiger partial charge in [-0.1, -0.05) is 44.2 Å². The van der Waals surface area contributed by atoms with Crippen LogP contribution < -0.4 is 19.5 Å². The van der Waals surface area contributed by atoms with Crippen LogP contribution in [0.25, 0.3) is 0 Å². The van der Waals surface area contributed by atoms with Crippen molar-refractivity contribution < 1.29 is 23.4 Å². The first-order valence-electron chi connectivity index (χ1n) is 9.93. The van der Waals surface area contributed by atoms with Crippen LogP contribution in [0.1, 0.15) is 41.6 Å². The lowest BCUT2D eigenvalue weighted by Crippen LogP contribution is -2.27. The van der Waals surface area contributed by atoms with Crippen molar-refractivity contribution in [2.24, 2.45) is 0 Å². The van der Waals surface area contributed by atoms with E-state index >= 15 is 0 Å². The van der Waals surface area contributed by atoms with Crippen LogP contribution in [-0.4, -0.2) is 26.2 Å². The number of para-hydroxylation sites is 3. The van der Waals surface area contributed by atoms with Gasteiger partial charge in [-0.15, -0.1) is 0 Å². The molecule has 0 aliphatic heterocycles. The maximum atomic E-state index is 12.3. The molecule has 1 aromatic heterocycles. The maximum absolute atomic E-state index is 12.3. The van der Waals surface area contributed by atoms with Crippen molar-refractivity contribution in [3.63, 3.8) is 0 Å². The normalized spacial score (nSPS) is 10.7. The maximum Gasteiger partial charge on any atom is 0.287 e. The highest BCUT2D eigenvalue weighted by Crippen LogP contribution is 2.27. The van der Waals surface area contributed by atoms with Gasteiger partial charge in [-0.25, -0.2) is 0 Å². The Labute approximate surface area is 176 Å². The van der Waals surface area contributed by atoms with Gasteiger partial charge >= 0.3 is 0 Å². The molecule has 1 heterocycles. The van der Waals surface area contributed by atoms with E-state index in [0.29, 0.717) is 36.3 Å². The predicted octanol–water partition coefficient (Wildman–Crippen LogP) is 4.80. The summed E-state index contributed by atoms with van der Waals surface area (Å²) >= 11 is 0. The van der Waals surface area contributed by atoms with Gasteiger partial charge in [-0.05, 0) is 41.8 Å². The zero-order valence-electron chi connectivity index (χ0n) is 17.5. The van der Waals surface area contributed by atoms with E-state index in [0.717, 1.165) is 11.3 Å². The Hall–Kier alpha value is -3.41. The third-order valence-electron chi connectivity index (χ3n) is 4.51. The molecule has 0 aliphatic rings. The summed E-state index contributed by atoms with van der Waals surface area (Å²) in [4.78, 5) is 12.3. The van der Waals surface area contributed by atoms with Crippen LogP contribution in [0.4, 0.5) is 0 Å². The number of furan rings is 1. The monoisotopic (exact) mass is 409 g/mol. The molecule has 0 spiro atoms. The Kier molecular flexibility index (Phi) is 7.38. The minimum atomic E-state index is -0.292. The molecule has 0 aliphatic carbocycles. The van der Waals surface area contributed by atoms with E-state index in [2.05, 4.69) is 25.2 Å². The van der Waals surface area contributed by atoms with E-state index in [4.69, 9.17) is 18.6 Å². The molecule has 6 heteroatoms. The molecule has 0 saturated carbocycles. The lowest BCUT2D eigenvalue weighted by atomic mass is 10.0. The fraction of sp³-hybridized carbons (Fsp3) is 0.292. The zero-order valence-corrected chi connectivity index (χ0v) is 17.5. The quantitative estimate of drug-likeness (QED) is 0.487. The first-order valence-corrected chi connectivity index (χ1v) is 9.93. The van der Waals surface area contributed by atoms with Crippen molar-refractivity contribution in [3.05, 3.63) is 77.7 Å². The molecule has 30 heavy (non-hydrogen) atoms. The Balaban J connectivity index is 1.46. The number of nitrogens with one attached hydrogen (secondary N) is 1. The number of methoxy groups -OCH3 is 1. The summed E-state index contributed by atoms with van der Waals surface area (Å²) in [6.07, 6.45) is 0. The number of carbonyl (C=O) groups excluding carboxylic acids is 1. The van der Waals surface area contributed by atoms with E-state index < -0.39 is 0 Å². The molecule has 2 aromatic carbocycles. The topological polar surface area (TPSA) is 69.9 Å². The Bertz CT molecular complexity index is 963.